The number of aromatic hydroxyl groups is 1. The number of phenols is 1. The number of benzene rings is 2. The second-order valence-electron chi connectivity index (χ2n) is 3.73. The molecule has 2 rings (SSSR count). The molecule has 0 unspecified atom stereocenters. The van der Waals surface area contributed by atoms with E-state index in [1.54, 1.807) is 12.1 Å². The summed E-state index contributed by atoms with van der Waals surface area (Å²) in [6, 6.07) is 10.1. The number of phenolic OH excluding ortho intramolecular Hbond substituents is 1. The Morgan fingerprint density at radius 3 is 2.53 bits per heavy atom. The van der Waals surface area contributed by atoms with E-state index in [1.807, 2.05) is 0 Å². The fraction of sp³-hybridized carbons (Fsp3) is 0. The summed E-state index contributed by atoms with van der Waals surface area (Å²) in [6.07, 6.45) is 0. The van der Waals surface area contributed by atoms with Gasteiger partial charge in [-0.3, -0.25) is 4.72 Å². The monoisotopic (exact) mass is 361 g/mol. The average molecular weight is 363 g/mol. The molecule has 4 nitrogen and oxygen atoms in total. The highest BCUT2D eigenvalue weighted by Crippen LogP contribution is 2.27. The van der Waals surface area contributed by atoms with E-state index in [-0.39, 0.29) is 10.6 Å². The van der Waals surface area contributed by atoms with Crippen LogP contribution in [0.3, 0.4) is 0 Å². The molecule has 0 aliphatic carbocycles. The minimum Gasteiger partial charge on any atom is -0.508 e. The van der Waals surface area contributed by atoms with Crippen LogP contribution in [0.5, 0.6) is 5.75 Å². The Bertz CT molecular complexity index is 719. The third kappa shape index (κ3) is 3.40. The largest absolute Gasteiger partial charge is 0.508 e. The number of anilines is 1. The van der Waals surface area contributed by atoms with Crippen LogP contribution in [-0.2, 0) is 10.0 Å². The standard InChI is InChI=1S/C12H9BrClNO3S/c13-11-5-4-8(6-12(11)14)15-19(17,18)10-3-1-2-9(16)7-10/h1-7,15-16H. The van der Waals surface area contributed by atoms with Gasteiger partial charge in [0.25, 0.3) is 10.0 Å². The minimum atomic E-state index is -3.75. The Balaban J connectivity index is 2.33. The van der Waals surface area contributed by atoms with Gasteiger partial charge in [-0.1, -0.05) is 17.7 Å². The summed E-state index contributed by atoms with van der Waals surface area (Å²) < 4.78 is 27.2. The molecule has 0 aliphatic rings. The topological polar surface area (TPSA) is 66.4 Å². The van der Waals surface area contributed by atoms with Gasteiger partial charge < -0.3 is 5.11 Å². The van der Waals surface area contributed by atoms with Crippen molar-refractivity contribution in [3.63, 3.8) is 0 Å². The first-order valence-electron chi connectivity index (χ1n) is 5.15. The van der Waals surface area contributed by atoms with E-state index in [4.69, 9.17) is 11.6 Å². The van der Waals surface area contributed by atoms with Crippen LogP contribution in [0.4, 0.5) is 5.69 Å². The Kier molecular flexibility index (Phi) is 4.03. The third-order valence-corrected chi connectivity index (χ3v) is 4.91. The molecule has 2 aromatic rings. The molecule has 0 atom stereocenters. The summed E-state index contributed by atoms with van der Waals surface area (Å²) in [4.78, 5) is -0.0217. The lowest BCUT2D eigenvalue weighted by Gasteiger charge is -2.09. The second-order valence-corrected chi connectivity index (χ2v) is 6.68. The molecule has 0 saturated carbocycles. The molecule has 0 bridgehead atoms. The van der Waals surface area contributed by atoms with Crippen molar-refractivity contribution in [2.45, 2.75) is 4.90 Å². The summed E-state index contributed by atoms with van der Waals surface area (Å²) in [7, 11) is -3.75. The zero-order chi connectivity index (χ0) is 14.0. The van der Waals surface area contributed by atoms with Gasteiger partial charge in [-0.2, -0.15) is 0 Å². The van der Waals surface area contributed by atoms with Gasteiger partial charge >= 0.3 is 0 Å². The lowest BCUT2D eigenvalue weighted by molar-refractivity contribution is 0.473. The van der Waals surface area contributed by atoms with Crippen LogP contribution in [0.2, 0.25) is 5.02 Å². The first kappa shape index (κ1) is 14.2. The predicted molar refractivity (Wildman–Crippen MR) is 78.1 cm³/mol. The van der Waals surface area contributed by atoms with Crippen LogP contribution in [0, 0.1) is 0 Å². The van der Waals surface area contributed by atoms with Gasteiger partial charge in [0, 0.05) is 10.5 Å². The van der Waals surface area contributed by atoms with E-state index in [1.165, 1.54) is 30.3 Å². The molecule has 2 N–H and O–H groups in total. The van der Waals surface area contributed by atoms with E-state index in [2.05, 4.69) is 20.7 Å². The van der Waals surface area contributed by atoms with Crippen LogP contribution < -0.4 is 4.72 Å². The summed E-state index contributed by atoms with van der Waals surface area (Å²) in [5.74, 6) is -0.114. The lowest BCUT2D eigenvalue weighted by Crippen LogP contribution is -2.12. The highest BCUT2D eigenvalue weighted by atomic mass is 79.9. The van der Waals surface area contributed by atoms with Gasteiger partial charge in [0.2, 0.25) is 0 Å². The zero-order valence-corrected chi connectivity index (χ0v) is 12.6. The van der Waals surface area contributed by atoms with Crippen molar-refractivity contribution in [1.29, 1.82) is 0 Å². The molecule has 0 saturated heterocycles. The first-order valence-corrected chi connectivity index (χ1v) is 7.81. The molecule has 19 heavy (non-hydrogen) atoms. The van der Waals surface area contributed by atoms with E-state index in [0.29, 0.717) is 15.2 Å². The van der Waals surface area contributed by atoms with Gasteiger partial charge in [-0.25, -0.2) is 8.42 Å². The molecule has 0 spiro atoms. The van der Waals surface area contributed by atoms with Crippen LogP contribution in [0.25, 0.3) is 0 Å². The van der Waals surface area contributed by atoms with Crippen LogP contribution in [0.15, 0.2) is 51.8 Å². The van der Waals surface area contributed by atoms with Crippen molar-refractivity contribution < 1.29 is 13.5 Å². The van der Waals surface area contributed by atoms with E-state index >= 15 is 0 Å². The number of rotatable bonds is 3. The summed E-state index contributed by atoms with van der Waals surface area (Å²) in [5, 5.41) is 9.70. The highest BCUT2D eigenvalue weighted by molar-refractivity contribution is 9.10. The zero-order valence-electron chi connectivity index (χ0n) is 9.47. The van der Waals surface area contributed by atoms with E-state index in [0.717, 1.165) is 0 Å². The molecule has 2 aromatic carbocycles. The maximum absolute atomic E-state index is 12.1. The predicted octanol–water partition coefficient (Wildman–Crippen LogP) is 3.61. The van der Waals surface area contributed by atoms with Crippen molar-refractivity contribution in [2.24, 2.45) is 0 Å². The Morgan fingerprint density at radius 1 is 1.16 bits per heavy atom. The second kappa shape index (κ2) is 5.40. The van der Waals surface area contributed by atoms with Crippen molar-refractivity contribution in [2.75, 3.05) is 4.72 Å². The van der Waals surface area contributed by atoms with Crippen molar-refractivity contribution in [3.8, 4) is 5.75 Å². The summed E-state index contributed by atoms with van der Waals surface area (Å²) >= 11 is 9.11. The number of hydrogen-bond donors (Lipinski definition) is 2. The van der Waals surface area contributed by atoms with Crippen LogP contribution in [0.1, 0.15) is 0 Å². The average Bonchev–Trinajstić information content (AvgIpc) is 2.33. The van der Waals surface area contributed by atoms with Gasteiger partial charge in [0.15, 0.2) is 0 Å². The molecule has 0 fully saturated rings. The summed E-state index contributed by atoms with van der Waals surface area (Å²) in [6.45, 7) is 0. The fourth-order valence-electron chi connectivity index (χ4n) is 1.42. The Hall–Kier alpha value is -1.24. The first-order chi connectivity index (χ1) is 8.88. The summed E-state index contributed by atoms with van der Waals surface area (Å²) in [5.41, 5.74) is 0.344. The van der Waals surface area contributed by atoms with Gasteiger partial charge in [0.1, 0.15) is 5.75 Å². The lowest BCUT2D eigenvalue weighted by atomic mass is 10.3. The SMILES string of the molecule is O=S(=O)(Nc1ccc(Br)c(Cl)c1)c1cccc(O)c1. The van der Waals surface area contributed by atoms with Gasteiger partial charge in [0.05, 0.1) is 15.6 Å². The molecule has 0 aliphatic heterocycles. The number of hydrogen-bond acceptors (Lipinski definition) is 3. The molecule has 0 amide bonds. The highest BCUT2D eigenvalue weighted by Gasteiger charge is 2.15. The molecule has 0 heterocycles. The van der Waals surface area contributed by atoms with Crippen LogP contribution >= 0.6 is 27.5 Å². The fourth-order valence-corrected chi connectivity index (χ4v) is 2.94. The minimum absolute atomic E-state index is 0.0217. The third-order valence-electron chi connectivity index (χ3n) is 2.30. The normalized spacial score (nSPS) is 11.3. The van der Waals surface area contributed by atoms with Gasteiger partial charge in [-0.05, 0) is 46.3 Å². The molecule has 100 valence electrons. The van der Waals surface area contributed by atoms with Crippen molar-refractivity contribution >= 4 is 43.2 Å². The van der Waals surface area contributed by atoms with E-state index in [9.17, 15) is 13.5 Å². The van der Waals surface area contributed by atoms with Crippen LogP contribution in [-0.4, -0.2) is 13.5 Å². The Morgan fingerprint density at radius 2 is 1.89 bits per heavy atom. The van der Waals surface area contributed by atoms with Crippen molar-refractivity contribution in [3.05, 3.63) is 52.0 Å². The molecular weight excluding hydrogens is 354 g/mol. The molecule has 7 heteroatoms. The van der Waals surface area contributed by atoms with E-state index < -0.39 is 10.0 Å². The maximum Gasteiger partial charge on any atom is 0.262 e. The molecule has 0 radical (unpaired) electrons. The quantitative estimate of drug-likeness (QED) is 0.876. The number of nitrogens with one attached hydrogen (secondary N) is 1. The smallest absolute Gasteiger partial charge is 0.262 e. The van der Waals surface area contributed by atoms with Crippen molar-refractivity contribution in [1.82, 2.24) is 0 Å². The molecule has 0 aromatic heterocycles. The van der Waals surface area contributed by atoms with Gasteiger partial charge in [-0.15, -0.1) is 0 Å². The maximum atomic E-state index is 12.1. The molecular formula is C12H9BrClNO3S. The Labute approximate surface area is 124 Å². The number of halogens is 2. The number of sulfonamides is 1.